The molecule has 0 spiro atoms. The van der Waals surface area contributed by atoms with Crippen molar-refractivity contribution in [3.63, 3.8) is 0 Å². The first-order valence-corrected chi connectivity index (χ1v) is 8.09. The first-order valence-electron chi connectivity index (χ1n) is 6.94. The molecule has 0 saturated carbocycles. The Morgan fingerprint density at radius 1 is 1.25 bits per heavy atom. The van der Waals surface area contributed by atoms with Gasteiger partial charge in [-0.05, 0) is 12.0 Å². The van der Waals surface area contributed by atoms with Crippen LogP contribution in [0.5, 0.6) is 0 Å². The van der Waals surface area contributed by atoms with Gasteiger partial charge in [-0.3, -0.25) is 0 Å². The molecule has 0 amide bonds. The molecule has 0 N–H and O–H groups in total. The normalized spacial score (nSPS) is 18.5. The lowest BCUT2D eigenvalue weighted by Crippen LogP contribution is -2.00. The summed E-state index contributed by atoms with van der Waals surface area (Å²) >= 11 is 1.89. The Morgan fingerprint density at radius 3 is 2.95 bits per heavy atom. The van der Waals surface area contributed by atoms with E-state index in [1.807, 2.05) is 17.8 Å². The van der Waals surface area contributed by atoms with Crippen molar-refractivity contribution < 1.29 is 9.26 Å². The Morgan fingerprint density at radius 2 is 2.15 bits per heavy atom. The third-order valence-electron chi connectivity index (χ3n) is 3.35. The molecule has 1 aliphatic heterocycles. The van der Waals surface area contributed by atoms with Crippen LogP contribution in [0.1, 0.15) is 29.6 Å². The Hall–Kier alpha value is -1.33. The molecular formula is C15H18N2O2S. The van der Waals surface area contributed by atoms with Gasteiger partial charge in [0.1, 0.15) is 0 Å². The lowest BCUT2D eigenvalue weighted by molar-refractivity contribution is 0.192. The second-order valence-corrected chi connectivity index (χ2v) is 6.00. The van der Waals surface area contributed by atoms with E-state index in [1.165, 1.54) is 5.56 Å². The number of rotatable bonds is 6. The SMILES string of the molecule is c1ccc(CSCCc2nc([C@H]3CCOC3)no2)cc1. The maximum atomic E-state index is 5.34. The van der Waals surface area contributed by atoms with Gasteiger partial charge in [-0.25, -0.2) is 0 Å². The zero-order valence-electron chi connectivity index (χ0n) is 11.3. The van der Waals surface area contributed by atoms with E-state index in [2.05, 4.69) is 34.4 Å². The Balaban J connectivity index is 1.42. The predicted molar refractivity (Wildman–Crippen MR) is 78.8 cm³/mol. The standard InChI is InChI=1S/C15H18N2O2S/c1-2-4-12(5-3-1)11-20-9-7-14-16-15(17-19-14)13-6-8-18-10-13/h1-5,13H,6-11H2/t13-/m0/s1. The topological polar surface area (TPSA) is 48.2 Å². The molecule has 0 unspecified atom stereocenters. The van der Waals surface area contributed by atoms with Crippen LogP contribution in [-0.2, 0) is 16.9 Å². The monoisotopic (exact) mass is 290 g/mol. The molecular weight excluding hydrogens is 272 g/mol. The number of thioether (sulfide) groups is 1. The van der Waals surface area contributed by atoms with Crippen molar-refractivity contribution in [2.75, 3.05) is 19.0 Å². The molecule has 2 heterocycles. The Bertz CT molecular complexity index is 524. The molecule has 1 saturated heterocycles. The predicted octanol–water partition coefficient (Wildman–Crippen LogP) is 3.05. The van der Waals surface area contributed by atoms with E-state index in [-0.39, 0.29) is 0 Å². The minimum Gasteiger partial charge on any atom is -0.381 e. The van der Waals surface area contributed by atoms with Crippen molar-refractivity contribution in [2.24, 2.45) is 0 Å². The van der Waals surface area contributed by atoms with Crippen molar-refractivity contribution in [1.82, 2.24) is 10.1 Å². The molecule has 3 rings (SSSR count). The van der Waals surface area contributed by atoms with Crippen LogP contribution in [0.2, 0.25) is 0 Å². The molecule has 0 radical (unpaired) electrons. The first-order chi connectivity index (χ1) is 9.92. The van der Waals surface area contributed by atoms with E-state index in [4.69, 9.17) is 9.26 Å². The zero-order valence-corrected chi connectivity index (χ0v) is 12.1. The van der Waals surface area contributed by atoms with Gasteiger partial charge < -0.3 is 9.26 Å². The van der Waals surface area contributed by atoms with Gasteiger partial charge >= 0.3 is 0 Å². The summed E-state index contributed by atoms with van der Waals surface area (Å²) in [5.74, 6) is 3.90. The minimum absolute atomic E-state index is 0.324. The van der Waals surface area contributed by atoms with E-state index < -0.39 is 0 Å². The number of aryl methyl sites for hydroxylation is 1. The lowest BCUT2D eigenvalue weighted by atomic mass is 10.1. The van der Waals surface area contributed by atoms with Crippen molar-refractivity contribution >= 4 is 11.8 Å². The van der Waals surface area contributed by atoms with Crippen LogP contribution in [0, 0.1) is 0 Å². The summed E-state index contributed by atoms with van der Waals surface area (Å²) in [5, 5.41) is 4.06. The molecule has 4 nitrogen and oxygen atoms in total. The molecule has 1 aromatic carbocycles. The van der Waals surface area contributed by atoms with Crippen molar-refractivity contribution in [1.29, 1.82) is 0 Å². The number of aromatic nitrogens is 2. The fourth-order valence-corrected chi connectivity index (χ4v) is 3.09. The quantitative estimate of drug-likeness (QED) is 0.765. The summed E-state index contributed by atoms with van der Waals surface area (Å²) in [6.07, 6.45) is 1.83. The molecule has 1 aliphatic rings. The summed E-state index contributed by atoms with van der Waals surface area (Å²) in [6.45, 7) is 1.53. The van der Waals surface area contributed by atoms with Gasteiger partial charge in [-0.2, -0.15) is 16.7 Å². The van der Waals surface area contributed by atoms with Crippen LogP contribution < -0.4 is 0 Å². The van der Waals surface area contributed by atoms with Crippen LogP contribution in [0.15, 0.2) is 34.9 Å². The van der Waals surface area contributed by atoms with Gasteiger partial charge in [-0.1, -0.05) is 35.5 Å². The molecule has 1 atom stereocenters. The molecule has 0 aliphatic carbocycles. The van der Waals surface area contributed by atoms with Crippen LogP contribution in [0.25, 0.3) is 0 Å². The van der Waals surface area contributed by atoms with Crippen molar-refractivity contribution in [3.8, 4) is 0 Å². The van der Waals surface area contributed by atoms with Gasteiger partial charge in [0.25, 0.3) is 0 Å². The molecule has 106 valence electrons. The van der Waals surface area contributed by atoms with E-state index >= 15 is 0 Å². The molecule has 1 fully saturated rings. The van der Waals surface area contributed by atoms with Gasteiger partial charge in [0, 0.05) is 30.5 Å². The maximum absolute atomic E-state index is 5.34. The Kier molecular flexibility index (Phi) is 4.71. The summed E-state index contributed by atoms with van der Waals surface area (Å²) in [7, 11) is 0. The van der Waals surface area contributed by atoms with E-state index in [1.54, 1.807) is 0 Å². The molecule has 5 heteroatoms. The number of ether oxygens (including phenoxy) is 1. The summed E-state index contributed by atoms with van der Waals surface area (Å²) in [4.78, 5) is 4.47. The molecule has 1 aromatic heterocycles. The number of hydrogen-bond acceptors (Lipinski definition) is 5. The van der Waals surface area contributed by atoms with Crippen LogP contribution in [0.3, 0.4) is 0 Å². The average Bonchev–Trinajstić information content (AvgIpc) is 3.15. The number of benzene rings is 1. The smallest absolute Gasteiger partial charge is 0.227 e. The fourth-order valence-electron chi connectivity index (χ4n) is 2.20. The highest BCUT2D eigenvalue weighted by molar-refractivity contribution is 7.98. The van der Waals surface area contributed by atoms with E-state index in [0.29, 0.717) is 5.92 Å². The van der Waals surface area contributed by atoms with Gasteiger partial charge in [0.2, 0.25) is 5.89 Å². The van der Waals surface area contributed by atoms with Crippen molar-refractivity contribution in [3.05, 3.63) is 47.6 Å². The summed E-state index contributed by atoms with van der Waals surface area (Å²) < 4.78 is 10.6. The third kappa shape index (κ3) is 3.61. The largest absolute Gasteiger partial charge is 0.381 e. The van der Waals surface area contributed by atoms with Gasteiger partial charge in [0.15, 0.2) is 5.82 Å². The second-order valence-electron chi connectivity index (χ2n) is 4.90. The van der Waals surface area contributed by atoms with Crippen LogP contribution >= 0.6 is 11.8 Å². The highest BCUT2D eigenvalue weighted by atomic mass is 32.2. The minimum atomic E-state index is 0.324. The lowest BCUT2D eigenvalue weighted by Gasteiger charge is -1.99. The van der Waals surface area contributed by atoms with E-state index in [0.717, 1.165) is 49.3 Å². The maximum Gasteiger partial charge on any atom is 0.227 e. The van der Waals surface area contributed by atoms with Crippen LogP contribution in [0.4, 0.5) is 0 Å². The molecule has 20 heavy (non-hydrogen) atoms. The third-order valence-corrected chi connectivity index (χ3v) is 4.38. The highest BCUT2D eigenvalue weighted by Crippen LogP contribution is 2.22. The average molecular weight is 290 g/mol. The number of nitrogens with zero attached hydrogens (tertiary/aromatic N) is 2. The summed E-state index contributed by atoms with van der Waals surface area (Å²) in [6, 6.07) is 10.5. The summed E-state index contributed by atoms with van der Waals surface area (Å²) in [5.41, 5.74) is 1.35. The van der Waals surface area contributed by atoms with Gasteiger partial charge in [0.05, 0.1) is 6.61 Å². The first kappa shape index (κ1) is 13.6. The highest BCUT2D eigenvalue weighted by Gasteiger charge is 2.22. The molecule has 2 aromatic rings. The van der Waals surface area contributed by atoms with Crippen LogP contribution in [-0.4, -0.2) is 29.1 Å². The molecule has 0 bridgehead atoms. The fraction of sp³-hybridized carbons (Fsp3) is 0.467. The Labute approximate surface area is 122 Å². The zero-order chi connectivity index (χ0) is 13.6. The van der Waals surface area contributed by atoms with Gasteiger partial charge in [-0.15, -0.1) is 0 Å². The second kappa shape index (κ2) is 6.90. The number of hydrogen-bond donors (Lipinski definition) is 0. The van der Waals surface area contributed by atoms with E-state index in [9.17, 15) is 0 Å². The van der Waals surface area contributed by atoms with Crippen molar-refractivity contribution in [2.45, 2.75) is 24.5 Å².